The van der Waals surface area contributed by atoms with Crippen molar-refractivity contribution in [2.75, 3.05) is 19.6 Å². The summed E-state index contributed by atoms with van der Waals surface area (Å²) in [5.41, 5.74) is 0.291. The Labute approximate surface area is 83.5 Å². The number of fused-ring (bicyclic) bond motifs is 3. The number of carbonyl (C=O) groups excluding carboxylic acids is 1. The molecule has 0 atom stereocenters. The molecule has 0 saturated carbocycles. The van der Waals surface area contributed by atoms with Crippen molar-refractivity contribution in [2.45, 2.75) is 19.3 Å². The normalized spacial score (nSPS) is 38.4. The molecule has 3 rings (SSSR count). The molecule has 0 amide bonds. The zero-order valence-corrected chi connectivity index (χ0v) is 8.39. The van der Waals surface area contributed by atoms with E-state index in [4.69, 9.17) is 11.6 Å². The van der Waals surface area contributed by atoms with Gasteiger partial charge in [-0.05, 0) is 62.0 Å². The molecule has 3 aliphatic rings. The average Bonchev–Trinajstić information content (AvgIpc) is 2.18. The van der Waals surface area contributed by atoms with Crippen molar-refractivity contribution in [1.29, 1.82) is 0 Å². The molecule has 0 aliphatic carbocycles. The van der Waals surface area contributed by atoms with Gasteiger partial charge in [0, 0.05) is 0 Å². The molecule has 3 heterocycles. The van der Waals surface area contributed by atoms with Gasteiger partial charge in [-0.2, -0.15) is 0 Å². The van der Waals surface area contributed by atoms with Crippen molar-refractivity contribution in [3.8, 4) is 0 Å². The summed E-state index contributed by atoms with van der Waals surface area (Å²) < 4.78 is 0. The molecule has 0 N–H and O–H groups in total. The van der Waals surface area contributed by atoms with Crippen LogP contribution in [0.5, 0.6) is 0 Å². The van der Waals surface area contributed by atoms with Crippen molar-refractivity contribution in [1.82, 2.24) is 4.90 Å². The van der Waals surface area contributed by atoms with E-state index in [9.17, 15) is 4.79 Å². The zero-order chi connectivity index (χ0) is 9.31. The summed E-state index contributed by atoms with van der Waals surface area (Å²) in [5.74, 6) is 0. The molecule has 0 aromatic heterocycles. The van der Waals surface area contributed by atoms with Crippen LogP contribution in [0.2, 0.25) is 0 Å². The van der Waals surface area contributed by atoms with E-state index >= 15 is 0 Å². The minimum absolute atomic E-state index is 0.291. The highest BCUT2D eigenvalue weighted by molar-refractivity contribution is 6.66. The molecule has 3 fully saturated rings. The molecule has 72 valence electrons. The number of piperidine rings is 3. The van der Waals surface area contributed by atoms with E-state index in [1.807, 2.05) is 6.08 Å². The topological polar surface area (TPSA) is 20.3 Å². The zero-order valence-electron chi connectivity index (χ0n) is 7.63. The van der Waals surface area contributed by atoms with E-state index in [0.717, 1.165) is 0 Å². The van der Waals surface area contributed by atoms with Crippen LogP contribution in [-0.4, -0.2) is 29.8 Å². The Morgan fingerprint density at radius 2 is 1.77 bits per heavy atom. The van der Waals surface area contributed by atoms with Crippen molar-refractivity contribution in [3.05, 3.63) is 12.2 Å². The molecule has 3 aliphatic heterocycles. The van der Waals surface area contributed by atoms with Gasteiger partial charge in [0.1, 0.15) is 0 Å². The first kappa shape index (κ1) is 9.22. The number of nitrogens with zero attached hydrogens (tertiary/aromatic N) is 1. The smallest absolute Gasteiger partial charge is 0.244 e. The molecular formula is C10H14ClNO. The number of carbonyl (C=O) groups is 1. The lowest BCUT2D eigenvalue weighted by atomic mass is 9.72. The molecule has 0 aromatic carbocycles. The van der Waals surface area contributed by atoms with E-state index in [2.05, 4.69) is 4.90 Å². The van der Waals surface area contributed by atoms with Gasteiger partial charge in [-0.1, -0.05) is 6.08 Å². The fourth-order valence-electron chi connectivity index (χ4n) is 2.35. The molecular weight excluding hydrogens is 186 g/mol. The van der Waals surface area contributed by atoms with Crippen molar-refractivity contribution in [3.63, 3.8) is 0 Å². The number of hydrogen-bond acceptors (Lipinski definition) is 2. The van der Waals surface area contributed by atoms with Gasteiger partial charge in [0.15, 0.2) is 0 Å². The monoisotopic (exact) mass is 199 g/mol. The summed E-state index contributed by atoms with van der Waals surface area (Å²) in [5, 5.41) is -0.345. The van der Waals surface area contributed by atoms with Gasteiger partial charge in [-0.15, -0.1) is 0 Å². The minimum Gasteiger partial charge on any atom is -0.303 e. The van der Waals surface area contributed by atoms with E-state index < -0.39 is 0 Å². The van der Waals surface area contributed by atoms with Crippen LogP contribution in [0.25, 0.3) is 0 Å². The Morgan fingerprint density at radius 3 is 2.23 bits per heavy atom. The number of rotatable bonds is 2. The Bertz CT molecular complexity index is 228. The SMILES string of the molecule is O=C(Cl)/C=C/C12CCN(CC1)CC2. The first-order valence-electron chi connectivity index (χ1n) is 4.81. The van der Waals surface area contributed by atoms with Crippen molar-refractivity contribution >= 4 is 16.8 Å². The lowest BCUT2D eigenvalue weighted by molar-refractivity contribution is -0.107. The fraction of sp³-hybridized carbons (Fsp3) is 0.700. The molecule has 0 unspecified atom stereocenters. The van der Waals surface area contributed by atoms with Gasteiger partial charge in [-0.25, -0.2) is 0 Å². The Balaban J connectivity index is 2.06. The van der Waals surface area contributed by atoms with Crippen LogP contribution >= 0.6 is 11.6 Å². The number of allylic oxidation sites excluding steroid dienone is 2. The van der Waals surface area contributed by atoms with Crippen LogP contribution < -0.4 is 0 Å². The lowest BCUT2D eigenvalue weighted by Crippen LogP contribution is -2.47. The van der Waals surface area contributed by atoms with Gasteiger partial charge >= 0.3 is 0 Å². The number of hydrogen-bond donors (Lipinski definition) is 0. The standard InChI is InChI=1S/C10H14ClNO/c11-9(13)1-2-10-3-6-12(7-4-10)8-5-10/h1-2H,3-8H2/b2-1+. The van der Waals surface area contributed by atoms with Crippen molar-refractivity contribution < 1.29 is 4.79 Å². The second-order valence-corrected chi connectivity index (χ2v) is 4.46. The second-order valence-electron chi connectivity index (χ2n) is 4.09. The van der Waals surface area contributed by atoms with Crippen LogP contribution in [0.15, 0.2) is 12.2 Å². The quantitative estimate of drug-likeness (QED) is 0.499. The maximum absolute atomic E-state index is 10.6. The molecule has 0 spiro atoms. The van der Waals surface area contributed by atoms with Crippen LogP contribution in [0, 0.1) is 5.41 Å². The van der Waals surface area contributed by atoms with Crippen LogP contribution in [0.3, 0.4) is 0 Å². The highest BCUT2D eigenvalue weighted by atomic mass is 35.5. The van der Waals surface area contributed by atoms with Gasteiger partial charge in [0.25, 0.3) is 0 Å². The third-order valence-corrected chi connectivity index (χ3v) is 3.47. The maximum atomic E-state index is 10.6. The van der Waals surface area contributed by atoms with Gasteiger partial charge in [-0.3, -0.25) is 4.79 Å². The summed E-state index contributed by atoms with van der Waals surface area (Å²) in [6.45, 7) is 3.54. The predicted molar refractivity (Wildman–Crippen MR) is 52.7 cm³/mol. The largest absolute Gasteiger partial charge is 0.303 e. The number of halogens is 1. The molecule has 2 bridgehead atoms. The van der Waals surface area contributed by atoms with E-state index in [0.29, 0.717) is 5.41 Å². The van der Waals surface area contributed by atoms with Gasteiger partial charge < -0.3 is 4.90 Å². The molecule has 0 aromatic rings. The van der Waals surface area contributed by atoms with Gasteiger partial charge in [0.05, 0.1) is 0 Å². The van der Waals surface area contributed by atoms with Gasteiger partial charge in [0.2, 0.25) is 5.24 Å². The molecule has 13 heavy (non-hydrogen) atoms. The van der Waals surface area contributed by atoms with Crippen LogP contribution in [-0.2, 0) is 4.79 Å². The van der Waals surface area contributed by atoms with Crippen LogP contribution in [0.4, 0.5) is 0 Å². The average molecular weight is 200 g/mol. The summed E-state index contributed by atoms with van der Waals surface area (Å²) in [4.78, 5) is 13.1. The van der Waals surface area contributed by atoms with Crippen molar-refractivity contribution in [2.24, 2.45) is 5.41 Å². The summed E-state index contributed by atoms with van der Waals surface area (Å²) in [6.07, 6.45) is 7.14. The fourth-order valence-corrected chi connectivity index (χ4v) is 2.41. The highest BCUT2D eigenvalue weighted by Gasteiger charge is 2.37. The summed E-state index contributed by atoms with van der Waals surface area (Å²) in [6, 6.07) is 0. The second kappa shape index (κ2) is 3.43. The molecule has 2 nitrogen and oxygen atoms in total. The third kappa shape index (κ3) is 1.94. The predicted octanol–water partition coefficient (Wildman–Crippen LogP) is 1.79. The lowest BCUT2D eigenvalue weighted by Gasteiger charge is -2.46. The first-order valence-corrected chi connectivity index (χ1v) is 5.19. The highest BCUT2D eigenvalue weighted by Crippen LogP contribution is 2.41. The summed E-state index contributed by atoms with van der Waals surface area (Å²) >= 11 is 5.29. The van der Waals surface area contributed by atoms with E-state index in [-0.39, 0.29) is 5.24 Å². The Kier molecular flexibility index (Phi) is 2.43. The molecule has 3 heteroatoms. The third-order valence-electron chi connectivity index (χ3n) is 3.35. The van der Waals surface area contributed by atoms with Crippen LogP contribution in [0.1, 0.15) is 19.3 Å². The van der Waals surface area contributed by atoms with E-state index in [1.165, 1.54) is 45.0 Å². The minimum atomic E-state index is -0.345. The first-order chi connectivity index (χ1) is 6.20. The summed E-state index contributed by atoms with van der Waals surface area (Å²) in [7, 11) is 0. The molecule has 3 saturated heterocycles. The van der Waals surface area contributed by atoms with E-state index in [1.54, 1.807) is 0 Å². The maximum Gasteiger partial charge on any atom is 0.244 e. The molecule has 0 radical (unpaired) electrons. The Morgan fingerprint density at radius 1 is 1.23 bits per heavy atom. The Hall–Kier alpha value is -0.340.